The van der Waals surface area contributed by atoms with Crippen LogP contribution in [0.3, 0.4) is 0 Å². The number of amides is 1. The normalized spacial score (nSPS) is 28.6. The number of hydrogen-bond acceptors (Lipinski definition) is 9. The highest BCUT2D eigenvalue weighted by atomic mass is 16.3. The van der Waals surface area contributed by atoms with E-state index >= 15 is 0 Å². The van der Waals surface area contributed by atoms with Crippen molar-refractivity contribution >= 4 is 23.2 Å². The van der Waals surface area contributed by atoms with E-state index in [0.29, 0.717) is 11.1 Å². The second-order valence-electron chi connectivity index (χ2n) is 9.77. The van der Waals surface area contributed by atoms with Gasteiger partial charge in [0.15, 0.2) is 11.4 Å². The molecule has 0 saturated carbocycles. The number of allylic oxidation sites excluding steroid dienone is 1. The average molecular weight is 472 g/mol. The second kappa shape index (κ2) is 7.57. The lowest BCUT2D eigenvalue weighted by molar-refractivity contribution is -0.148. The Morgan fingerprint density at radius 3 is 2.29 bits per heavy atom. The summed E-state index contributed by atoms with van der Waals surface area (Å²) >= 11 is 0. The van der Waals surface area contributed by atoms with Crippen LogP contribution in [0.5, 0.6) is 5.75 Å². The molecular weight excluding hydrogens is 442 g/mol. The van der Waals surface area contributed by atoms with Gasteiger partial charge in [-0.15, -0.1) is 0 Å². The van der Waals surface area contributed by atoms with Crippen LogP contribution in [0.15, 0.2) is 28.7 Å². The molecular formula is C24H29N3O7. The van der Waals surface area contributed by atoms with Crippen LogP contribution in [0.4, 0.5) is 5.69 Å². The van der Waals surface area contributed by atoms with Gasteiger partial charge in [0.25, 0.3) is 5.91 Å². The van der Waals surface area contributed by atoms with Crippen molar-refractivity contribution in [2.75, 3.05) is 33.1 Å². The number of carbonyl (C=O) groups excluding carboxylic acids is 3. The quantitative estimate of drug-likeness (QED) is 0.395. The minimum Gasteiger partial charge on any atom is -0.510 e. The third-order valence-electron chi connectivity index (χ3n) is 7.37. The Bertz CT molecular complexity index is 1210. The van der Waals surface area contributed by atoms with Gasteiger partial charge in [-0.3, -0.25) is 19.3 Å². The molecule has 0 aromatic heterocycles. The van der Waals surface area contributed by atoms with Gasteiger partial charge in [-0.2, -0.15) is 0 Å². The predicted octanol–water partition coefficient (Wildman–Crippen LogP) is 0.495. The number of likely N-dealkylation sites (N-methyl/N-ethyl adjacent to an activating group) is 1. The summed E-state index contributed by atoms with van der Waals surface area (Å²) in [5.41, 5.74) is 3.54. The number of fused-ring (bicyclic) bond motifs is 3. The molecule has 10 heteroatoms. The number of ketones is 2. The maximum absolute atomic E-state index is 13.6. The van der Waals surface area contributed by atoms with Crippen molar-refractivity contribution in [2.45, 2.75) is 31.4 Å². The number of phenolic OH excluding ortho intramolecular Hbond substituents is 1. The molecule has 4 atom stereocenters. The fourth-order valence-corrected chi connectivity index (χ4v) is 5.83. The summed E-state index contributed by atoms with van der Waals surface area (Å²) in [5.74, 6) is -6.48. The average Bonchev–Trinajstić information content (AvgIpc) is 2.72. The summed E-state index contributed by atoms with van der Waals surface area (Å²) in [5, 5.41) is 44.4. The Balaban J connectivity index is 2.00. The Morgan fingerprint density at radius 2 is 1.76 bits per heavy atom. The van der Waals surface area contributed by atoms with Gasteiger partial charge < -0.3 is 31.1 Å². The number of anilines is 1. The minimum atomic E-state index is -2.63. The molecule has 6 N–H and O–H groups in total. The van der Waals surface area contributed by atoms with Crippen molar-refractivity contribution in [3.63, 3.8) is 0 Å². The van der Waals surface area contributed by atoms with Crippen LogP contribution in [0.25, 0.3) is 0 Å². The van der Waals surface area contributed by atoms with E-state index < -0.39 is 58.0 Å². The minimum absolute atomic E-state index is 0.0180. The van der Waals surface area contributed by atoms with Crippen molar-refractivity contribution in [3.8, 4) is 5.75 Å². The molecule has 1 aromatic rings. The molecule has 3 aliphatic rings. The summed E-state index contributed by atoms with van der Waals surface area (Å²) in [7, 11) is 6.82. The third-order valence-corrected chi connectivity index (χ3v) is 7.37. The lowest BCUT2D eigenvalue weighted by Gasteiger charge is -2.50. The highest BCUT2D eigenvalue weighted by Crippen LogP contribution is 2.53. The molecule has 1 aromatic carbocycles. The zero-order valence-corrected chi connectivity index (χ0v) is 19.7. The molecule has 0 fully saturated rings. The number of rotatable bonds is 3. The van der Waals surface area contributed by atoms with Gasteiger partial charge in [-0.25, -0.2) is 0 Å². The second-order valence-corrected chi connectivity index (χ2v) is 9.77. The summed E-state index contributed by atoms with van der Waals surface area (Å²) in [6.07, 6.45) is 0.323. The summed E-state index contributed by atoms with van der Waals surface area (Å²) < 4.78 is 0. The molecule has 0 spiro atoms. The SMILES string of the molecule is Cc1cc(N(C)C)c2c(c1O)C(=O)C1=C(O)[C@]3(O)C(=O)C(C(N)=O)=C(O)C(N(C)C)[C@@H]3C[C@@H]1C2. The molecule has 0 saturated heterocycles. The van der Waals surface area contributed by atoms with Crippen molar-refractivity contribution in [2.24, 2.45) is 17.6 Å². The molecule has 0 radical (unpaired) electrons. The number of aliphatic hydroxyl groups is 3. The number of phenols is 1. The van der Waals surface area contributed by atoms with Crippen LogP contribution >= 0.6 is 0 Å². The first-order valence-corrected chi connectivity index (χ1v) is 10.9. The van der Waals surface area contributed by atoms with Gasteiger partial charge in [0.1, 0.15) is 22.8 Å². The molecule has 0 heterocycles. The number of primary amides is 1. The van der Waals surface area contributed by atoms with Gasteiger partial charge in [-0.05, 0) is 57.0 Å². The standard InChI is InChI=1S/C24H29N3O7/c1-9-6-13(26(2)3)11-7-10-8-12-17(27(4)5)20(30)16(23(25)33)22(32)24(12,34)21(31)14(10)19(29)15(11)18(9)28/h6,10,12,17,28,30-31,34H,7-8H2,1-5H3,(H2,25,33)/t10-,12-,17?,24-/m0/s1. The van der Waals surface area contributed by atoms with Crippen LogP contribution in [0.1, 0.15) is 27.9 Å². The molecule has 10 nitrogen and oxygen atoms in total. The monoisotopic (exact) mass is 471 g/mol. The van der Waals surface area contributed by atoms with Crippen molar-refractivity contribution in [3.05, 3.63) is 45.4 Å². The Hall–Kier alpha value is -3.37. The topological polar surface area (TPSA) is 165 Å². The number of aryl methyl sites for hydroxylation is 1. The smallest absolute Gasteiger partial charge is 0.255 e. The van der Waals surface area contributed by atoms with Gasteiger partial charge in [0, 0.05) is 31.3 Å². The first-order valence-electron chi connectivity index (χ1n) is 10.9. The molecule has 4 rings (SSSR count). The number of benzene rings is 1. The Labute approximate surface area is 196 Å². The van der Waals surface area contributed by atoms with Crippen LogP contribution in [0, 0.1) is 18.8 Å². The van der Waals surface area contributed by atoms with Crippen LogP contribution in [-0.4, -0.2) is 82.6 Å². The number of aromatic hydroxyl groups is 1. The van der Waals surface area contributed by atoms with Gasteiger partial charge in [0.05, 0.1) is 11.6 Å². The van der Waals surface area contributed by atoms with E-state index in [9.17, 15) is 34.8 Å². The van der Waals surface area contributed by atoms with E-state index in [2.05, 4.69) is 0 Å². The van der Waals surface area contributed by atoms with E-state index in [-0.39, 0.29) is 29.7 Å². The molecule has 1 amide bonds. The molecule has 1 unspecified atom stereocenters. The maximum atomic E-state index is 13.6. The van der Waals surface area contributed by atoms with Crippen molar-refractivity contribution < 1.29 is 34.8 Å². The summed E-state index contributed by atoms with van der Waals surface area (Å²) in [6, 6.07) is 0.764. The van der Waals surface area contributed by atoms with E-state index in [0.717, 1.165) is 5.69 Å². The van der Waals surface area contributed by atoms with Crippen molar-refractivity contribution in [1.82, 2.24) is 4.90 Å². The fourth-order valence-electron chi connectivity index (χ4n) is 5.83. The molecule has 0 bridgehead atoms. The zero-order valence-electron chi connectivity index (χ0n) is 19.7. The number of nitrogens with zero attached hydrogens (tertiary/aromatic N) is 2. The molecule has 3 aliphatic carbocycles. The van der Waals surface area contributed by atoms with Crippen molar-refractivity contribution in [1.29, 1.82) is 0 Å². The number of carbonyl (C=O) groups is 3. The van der Waals surface area contributed by atoms with Gasteiger partial charge >= 0.3 is 0 Å². The third kappa shape index (κ3) is 2.91. The number of hydrogen-bond donors (Lipinski definition) is 5. The fraction of sp³-hybridized carbons (Fsp3) is 0.458. The highest BCUT2D eigenvalue weighted by Gasteiger charge is 2.63. The summed E-state index contributed by atoms with van der Waals surface area (Å²) in [6.45, 7) is 1.65. The summed E-state index contributed by atoms with van der Waals surface area (Å²) in [4.78, 5) is 42.3. The van der Waals surface area contributed by atoms with Crippen LogP contribution in [-0.2, 0) is 16.0 Å². The Morgan fingerprint density at radius 1 is 1.15 bits per heavy atom. The number of aliphatic hydroxyl groups excluding tert-OH is 2. The highest BCUT2D eigenvalue weighted by molar-refractivity contribution is 6.24. The van der Waals surface area contributed by atoms with E-state index in [1.165, 1.54) is 4.90 Å². The number of Topliss-reactive ketones (excluding diaryl/α,β-unsaturated/α-hetero) is 2. The lowest BCUT2D eigenvalue weighted by Crippen LogP contribution is -2.63. The first-order chi connectivity index (χ1) is 15.7. The maximum Gasteiger partial charge on any atom is 0.255 e. The predicted molar refractivity (Wildman–Crippen MR) is 123 cm³/mol. The molecule has 34 heavy (non-hydrogen) atoms. The first kappa shape index (κ1) is 23.8. The van der Waals surface area contributed by atoms with Gasteiger partial charge in [0.2, 0.25) is 5.78 Å². The zero-order chi connectivity index (χ0) is 25.4. The molecule has 182 valence electrons. The van der Waals surface area contributed by atoms with E-state index in [1.54, 1.807) is 27.1 Å². The van der Waals surface area contributed by atoms with Gasteiger partial charge in [-0.1, -0.05) is 0 Å². The lowest BCUT2D eigenvalue weighted by atomic mass is 9.58. The van der Waals surface area contributed by atoms with E-state index in [4.69, 9.17) is 5.73 Å². The molecule has 0 aliphatic heterocycles. The Kier molecular flexibility index (Phi) is 5.30. The largest absolute Gasteiger partial charge is 0.510 e. The van der Waals surface area contributed by atoms with Crippen LogP contribution < -0.4 is 10.6 Å². The number of nitrogens with two attached hydrogens (primary N) is 1. The van der Waals surface area contributed by atoms with Crippen LogP contribution in [0.2, 0.25) is 0 Å². The van der Waals surface area contributed by atoms with E-state index in [1.807, 2.05) is 19.0 Å².